The van der Waals surface area contributed by atoms with Gasteiger partial charge in [-0.3, -0.25) is 19.3 Å². The molecule has 4 amide bonds. The van der Waals surface area contributed by atoms with Crippen LogP contribution in [0, 0.1) is 0 Å². The zero-order valence-electron chi connectivity index (χ0n) is 26.0. The van der Waals surface area contributed by atoms with Crippen molar-refractivity contribution in [3.05, 3.63) is 178 Å². The number of nitrogens with zero attached hydrogens (tertiary/aromatic N) is 2. The average Bonchev–Trinajstić information content (AvgIpc) is 3.12. The molecule has 0 atom stereocenters. The second-order valence-corrected chi connectivity index (χ2v) is 10.9. The third-order valence-corrected chi connectivity index (χ3v) is 7.42. The number of amides is 4. The van der Waals surface area contributed by atoms with E-state index in [-0.39, 0.29) is 37.9 Å². The fourth-order valence-electron chi connectivity index (χ4n) is 4.82. The van der Waals surface area contributed by atoms with Crippen molar-refractivity contribution in [2.75, 3.05) is 0 Å². The van der Waals surface area contributed by atoms with Crippen LogP contribution in [-0.2, 0) is 36.0 Å². The largest absolute Gasteiger partial charge is 0.350 e. The maximum atomic E-state index is 13.3. The van der Waals surface area contributed by atoms with E-state index >= 15 is 0 Å². The molecule has 10 nitrogen and oxygen atoms in total. The molecule has 0 aliphatic carbocycles. The SMILES string of the molecule is NC(=O)N(Cc1ccc(C(=O)c2cccc(C(=O)c3ccc(CN(OCc4ccccc4)C(N)=O)cc3)c2)cc1)OCc1ccccc1. The Morgan fingerprint density at radius 1 is 0.438 bits per heavy atom. The summed E-state index contributed by atoms with van der Waals surface area (Å²) in [6.45, 7) is 0.552. The van der Waals surface area contributed by atoms with E-state index < -0.39 is 12.1 Å². The summed E-state index contributed by atoms with van der Waals surface area (Å²) in [6, 6.07) is 37.3. The van der Waals surface area contributed by atoms with Crippen molar-refractivity contribution in [1.29, 1.82) is 0 Å². The molecule has 0 saturated carbocycles. The number of rotatable bonds is 14. The molecule has 242 valence electrons. The fraction of sp³-hybridized carbons (Fsp3) is 0.105. The first-order valence-electron chi connectivity index (χ1n) is 15.1. The van der Waals surface area contributed by atoms with Crippen LogP contribution in [0.3, 0.4) is 0 Å². The number of hydrogen-bond acceptors (Lipinski definition) is 6. The van der Waals surface area contributed by atoms with Gasteiger partial charge in [0.05, 0.1) is 13.1 Å². The topological polar surface area (TPSA) is 145 Å². The molecule has 0 bridgehead atoms. The van der Waals surface area contributed by atoms with E-state index in [2.05, 4.69) is 0 Å². The molecular weight excluding hydrogens is 608 g/mol. The highest BCUT2D eigenvalue weighted by molar-refractivity contribution is 6.13. The number of benzene rings is 5. The van der Waals surface area contributed by atoms with Gasteiger partial charge in [-0.1, -0.05) is 127 Å². The van der Waals surface area contributed by atoms with Crippen LogP contribution in [-0.4, -0.2) is 33.8 Å². The first-order valence-corrected chi connectivity index (χ1v) is 15.1. The van der Waals surface area contributed by atoms with Gasteiger partial charge < -0.3 is 11.5 Å². The van der Waals surface area contributed by atoms with Crippen LogP contribution < -0.4 is 11.5 Å². The lowest BCUT2D eigenvalue weighted by atomic mass is 9.96. The van der Waals surface area contributed by atoms with E-state index in [1.165, 1.54) is 0 Å². The Morgan fingerprint density at radius 3 is 1.17 bits per heavy atom. The van der Waals surface area contributed by atoms with Gasteiger partial charge in [-0.15, -0.1) is 0 Å². The van der Waals surface area contributed by atoms with E-state index in [9.17, 15) is 19.2 Å². The first-order chi connectivity index (χ1) is 23.3. The normalized spacial score (nSPS) is 10.7. The highest BCUT2D eigenvalue weighted by Gasteiger charge is 2.17. The number of urea groups is 2. The van der Waals surface area contributed by atoms with Crippen LogP contribution in [0.25, 0.3) is 0 Å². The minimum absolute atomic E-state index is 0.0979. The Labute approximate surface area is 278 Å². The number of hydrogen-bond donors (Lipinski definition) is 2. The molecule has 4 N–H and O–H groups in total. The van der Waals surface area contributed by atoms with Crippen LogP contribution >= 0.6 is 0 Å². The van der Waals surface area contributed by atoms with Crippen molar-refractivity contribution in [2.45, 2.75) is 26.3 Å². The summed E-state index contributed by atoms with van der Waals surface area (Å²) >= 11 is 0. The molecule has 0 radical (unpaired) electrons. The van der Waals surface area contributed by atoms with Crippen molar-refractivity contribution in [3.63, 3.8) is 0 Å². The predicted molar refractivity (Wildman–Crippen MR) is 179 cm³/mol. The maximum absolute atomic E-state index is 13.3. The van der Waals surface area contributed by atoms with Gasteiger partial charge in [0, 0.05) is 22.3 Å². The van der Waals surface area contributed by atoms with Crippen LogP contribution in [0.5, 0.6) is 0 Å². The van der Waals surface area contributed by atoms with Crippen LogP contribution in [0.15, 0.2) is 133 Å². The first kappa shape index (κ1) is 33.3. The second-order valence-electron chi connectivity index (χ2n) is 10.9. The summed E-state index contributed by atoms with van der Waals surface area (Å²) in [5, 5.41) is 2.14. The molecule has 0 aliphatic heterocycles. The maximum Gasteiger partial charge on any atom is 0.339 e. The number of nitrogens with two attached hydrogens (primary N) is 2. The Hall–Kier alpha value is -6.10. The molecular formula is C38H34N4O6. The number of carbonyl (C=O) groups excluding carboxylic acids is 4. The molecule has 0 fully saturated rings. The third kappa shape index (κ3) is 9.00. The Balaban J connectivity index is 1.20. The molecule has 0 spiro atoms. The van der Waals surface area contributed by atoms with Gasteiger partial charge in [0.1, 0.15) is 13.2 Å². The van der Waals surface area contributed by atoms with E-state index in [1.54, 1.807) is 72.8 Å². The molecule has 5 aromatic carbocycles. The summed E-state index contributed by atoms with van der Waals surface area (Å²) in [7, 11) is 0. The summed E-state index contributed by atoms with van der Waals surface area (Å²) in [6.07, 6.45) is 0. The smallest absolute Gasteiger partial charge is 0.339 e. The van der Waals surface area contributed by atoms with E-state index in [1.807, 2.05) is 60.7 Å². The number of ketones is 2. The molecule has 0 heterocycles. The quantitative estimate of drug-likeness (QED) is 0.109. The number of hydroxylamine groups is 4. The minimum Gasteiger partial charge on any atom is -0.350 e. The van der Waals surface area contributed by atoms with Crippen molar-refractivity contribution < 1.29 is 28.9 Å². The van der Waals surface area contributed by atoms with Crippen LogP contribution in [0.1, 0.15) is 54.1 Å². The van der Waals surface area contributed by atoms with Crippen molar-refractivity contribution in [2.24, 2.45) is 11.5 Å². The van der Waals surface area contributed by atoms with Gasteiger partial charge in [-0.05, 0) is 28.3 Å². The third-order valence-electron chi connectivity index (χ3n) is 7.42. The molecule has 5 aromatic rings. The lowest BCUT2D eigenvalue weighted by Crippen LogP contribution is -2.35. The molecule has 10 heteroatoms. The summed E-state index contributed by atoms with van der Waals surface area (Å²) < 4.78 is 0. The summed E-state index contributed by atoms with van der Waals surface area (Å²) in [5.74, 6) is -0.527. The molecule has 0 aliphatic rings. The molecule has 0 saturated heterocycles. The number of carbonyl (C=O) groups is 4. The van der Waals surface area contributed by atoms with Crippen molar-refractivity contribution >= 4 is 23.6 Å². The molecule has 5 rings (SSSR count). The number of primary amides is 2. The summed E-state index contributed by atoms with van der Waals surface area (Å²) in [5.41, 5.74) is 15.7. The predicted octanol–water partition coefficient (Wildman–Crippen LogP) is 6.17. The second kappa shape index (κ2) is 15.9. The minimum atomic E-state index is -0.734. The molecule has 0 aromatic heterocycles. The van der Waals surface area contributed by atoms with E-state index in [0.717, 1.165) is 21.3 Å². The van der Waals surface area contributed by atoms with E-state index in [4.69, 9.17) is 21.1 Å². The zero-order chi connectivity index (χ0) is 33.9. The van der Waals surface area contributed by atoms with Crippen LogP contribution in [0.2, 0.25) is 0 Å². The van der Waals surface area contributed by atoms with Crippen molar-refractivity contribution in [3.8, 4) is 0 Å². The highest BCUT2D eigenvalue weighted by atomic mass is 16.7. The highest BCUT2D eigenvalue weighted by Crippen LogP contribution is 2.18. The van der Waals surface area contributed by atoms with Gasteiger partial charge in [0.15, 0.2) is 11.6 Å². The monoisotopic (exact) mass is 642 g/mol. The van der Waals surface area contributed by atoms with Crippen LogP contribution in [0.4, 0.5) is 9.59 Å². The standard InChI is InChI=1S/C38H34N4O6/c39-37(45)41(47-25-29-8-3-1-4-9-29)23-27-14-18-31(19-15-27)35(43)33-12-7-13-34(22-33)36(44)32-20-16-28(17-21-32)24-42(38(40)46)48-26-30-10-5-2-6-11-30/h1-22H,23-26H2,(H2,39,45)(H2,40,46). The summed E-state index contributed by atoms with van der Waals surface area (Å²) in [4.78, 5) is 61.8. The Bertz CT molecular complexity index is 1730. The van der Waals surface area contributed by atoms with Gasteiger partial charge in [-0.2, -0.15) is 10.1 Å². The van der Waals surface area contributed by atoms with Crippen molar-refractivity contribution in [1.82, 2.24) is 10.1 Å². The zero-order valence-corrected chi connectivity index (χ0v) is 26.0. The van der Waals surface area contributed by atoms with Gasteiger partial charge in [0.25, 0.3) is 0 Å². The van der Waals surface area contributed by atoms with Gasteiger partial charge >= 0.3 is 12.1 Å². The lowest BCUT2D eigenvalue weighted by Gasteiger charge is -2.20. The van der Waals surface area contributed by atoms with Gasteiger partial charge in [-0.25, -0.2) is 9.59 Å². The Kier molecular flexibility index (Phi) is 11.1. The average molecular weight is 643 g/mol. The lowest BCUT2D eigenvalue weighted by molar-refractivity contribution is -0.132. The van der Waals surface area contributed by atoms with E-state index in [0.29, 0.717) is 33.4 Å². The molecule has 0 unspecified atom stereocenters. The Morgan fingerprint density at radius 2 is 0.812 bits per heavy atom. The van der Waals surface area contributed by atoms with Gasteiger partial charge in [0.2, 0.25) is 0 Å². The fourth-order valence-corrected chi connectivity index (χ4v) is 4.82. The molecule has 48 heavy (non-hydrogen) atoms.